The molecule has 138 valence electrons. The molecule has 2 nitrogen and oxygen atoms in total. The van der Waals surface area contributed by atoms with Crippen LogP contribution >= 0.6 is 0 Å². The van der Waals surface area contributed by atoms with Crippen LogP contribution in [0, 0.1) is 0 Å². The number of hydrogen-bond acceptors (Lipinski definition) is 2. The van der Waals surface area contributed by atoms with Crippen LogP contribution in [0.25, 0.3) is 43.9 Å². The molecule has 0 saturated heterocycles. The summed E-state index contributed by atoms with van der Waals surface area (Å²) in [6.45, 7) is 1.57. The first kappa shape index (κ1) is 17.3. The fourth-order valence-electron chi connectivity index (χ4n) is 4.07. The normalized spacial score (nSPS) is 11.1. The van der Waals surface area contributed by atoms with Gasteiger partial charge in [0, 0.05) is 17.3 Å². The Morgan fingerprint density at radius 1 is 0.621 bits per heavy atom. The van der Waals surface area contributed by atoms with Gasteiger partial charge in [0.2, 0.25) is 0 Å². The van der Waals surface area contributed by atoms with Crippen molar-refractivity contribution >= 4 is 27.3 Å². The van der Waals surface area contributed by atoms with Crippen LogP contribution in [0.5, 0.6) is 0 Å². The first-order valence-electron chi connectivity index (χ1n) is 9.70. The van der Waals surface area contributed by atoms with E-state index in [9.17, 15) is 4.79 Å². The number of nitrogens with zero attached hydrogens (tertiary/aromatic N) is 1. The third-order valence-electron chi connectivity index (χ3n) is 5.42. The van der Waals surface area contributed by atoms with E-state index >= 15 is 0 Å². The second-order valence-electron chi connectivity index (χ2n) is 7.20. The van der Waals surface area contributed by atoms with Crippen molar-refractivity contribution in [1.29, 1.82) is 0 Å². The highest BCUT2D eigenvalue weighted by molar-refractivity contribution is 6.21. The number of rotatable bonds is 3. The molecule has 0 unspecified atom stereocenters. The Hall–Kier alpha value is -3.78. The maximum atomic E-state index is 11.7. The molecule has 2 heteroatoms. The molecule has 0 aliphatic carbocycles. The molecule has 0 saturated carbocycles. The van der Waals surface area contributed by atoms with Crippen molar-refractivity contribution in [2.75, 3.05) is 0 Å². The molecule has 0 fully saturated rings. The monoisotopic (exact) mass is 373 g/mol. The van der Waals surface area contributed by atoms with Crippen LogP contribution < -0.4 is 0 Å². The molecule has 0 atom stereocenters. The molecule has 1 heterocycles. The average molecular weight is 373 g/mol. The van der Waals surface area contributed by atoms with Gasteiger partial charge >= 0.3 is 0 Å². The molecule has 5 aromatic rings. The van der Waals surface area contributed by atoms with E-state index < -0.39 is 0 Å². The van der Waals surface area contributed by atoms with Gasteiger partial charge in [-0.3, -0.25) is 9.78 Å². The SMILES string of the molecule is CC(=O)c1ccc(-c2c3ccccc3c(-c3ccccc3)c3ccccc23)nc1. The molecule has 0 bridgehead atoms. The first-order chi connectivity index (χ1) is 14.2. The Labute approximate surface area is 169 Å². The van der Waals surface area contributed by atoms with Crippen LogP contribution in [0.3, 0.4) is 0 Å². The molecule has 0 radical (unpaired) electrons. The van der Waals surface area contributed by atoms with Gasteiger partial charge in [-0.25, -0.2) is 0 Å². The van der Waals surface area contributed by atoms with Gasteiger partial charge in [-0.1, -0.05) is 78.9 Å². The van der Waals surface area contributed by atoms with Crippen LogP contribution in [0.2, 0.25) is 0 Å². The molecule has 29 heavy (non-hydrogen) atoms. The summed E-state index contributed by atoms with van der Waals surface area (Å²) in [5, 5.41) is 4.72. The Balaban J connectivity index is 1.92. The lowest BCUT2D eigenvalue weighted by Crippen LogP contribution is -1.95. The maximum absolute atomic E-state index is 11.7. The molecular formula is C27H19NO. The molecule has 5 rings (SSSR count). The molecule has 1 aromatic heterocycles. The van der Waals surface area contributed by atoms with Gasteiger partial charge in [0.05, 0.1) is 5.69 Å². The van der Waals surface area contributed by atoms with E-state index in [1.54, 1.807) is 13.1 Å². The Morgan fingerprint density at radius 3 is 1.62 bits per heavy atom. The Morgan fingerprint density at radius 2 is 1.14 bits per heavy atom. The van der Waals surface area contributed by atoms with Crippen molar-refractivity contribution in [3.8, 4) is 22.4 Å². The molecule has 0 aliphatic rings. The summed E-state index contributed by atoms with van der Waals surface area (Å²) >= 11 is 0. The summed E-state index contributed by atoms with van der Waals surface area (Å²) in [5.74, 6) is 0.0261. The van der Waals surface area contributed by atoms with Crippen molar-refractivity contribution in [3.05, 3.63) is 103 Å². The number of Topliss-reactive ketones (excluding diaryl/α,β-unsaturated/α-hetero) is 1. The predicted octanol–water partition coefficient (Wildman–Crippen LogP) is 6.92. The van der Waals surface area contributed by atoms with Crippen molar-refractivity contribution in [3.63, 3.8) is 0 Å². The highest BCUT2D eigenvalue weighted by Crippen LogP contribution is 2.42. The lowest BCUT2D eigenvalue weighted by Gasteiger charge is -2.17. The van der Waals surface area contributed by atoms with Gasteiger partial charge < -0.3 is 0 Å². The van der Waals surface area contributed by atoms with Crippen LogP contribution in [0.4, 0.5) is 0 Å². The third kappa shape index (κ3) is 2.90. The standard InChI is InChI=1S/C27H19NO/c1-18(29)20-15-16-25(28-17-20)27-23-13-7-5-11-21(23)26(19-9-3-2-4-10-19)22-12-6-8-14-24(22)27/h2-17H,1H3. The zero-order chi connectivity index (χ0) is 19.8. The van der Waals surface area contributed by atoms with Gasteiger partial charge in [-0.05, 0) is 51.7 Å². The maximum Gasteiger partial charge on any atom is 0.161 e. The highest BCUT2D eigenvalue weighted by atomic mass is 16.1. The van der Waals surface area contributed by atoms with Gasteiger partial charge in [0.15, 0.2) is 5.78 Å². The number of benzene rings is 4. The third-order valence-corrected chi connectivity index (χ3v) is 5.42. The number of carbonyl (C=O) groups excluding carboxylic acids is 1. The molecule has 0 aliphatic heterocycles. The lowest BCUT2D eigenvalue weighted by molar-refractivity contribution is 0.101. The summed E-state index contributed by atoms with van der Waals surface area (Å²) < 4.78 is 0. The Bertz CT molecular complexity index is 1300. The van der Waals surface area contributed by atoms with Gasteiger partial charge in [0.25, 0.3) is 0 Å². The molecular weight excluding hydrogens is 354 g/mol. The van der Waals surface area contributed by atoms with Crippen molar-refractivity contribution in [2.45, 2.75) is 6.92 Å². The summed E-state index contributed by atoms with van der Waals surface area (Å²) in [4.78, 5) is 16.3. The zero-order valence-electron chi connectivity index (χ0n) is 16.1. The van der Waals surface area contributed by atoms with E-state index in [-0.39, 0.29) is 5.78 Å². The van der Waals surface area contributed by atoms with E-state index in [0.29, 0.717) is 5.56 Å². The smallest absolute Gasteiger partial charge is 0.161 e. The topological polar surface area (TPSA) is 30.0 Å². The fourth-order valence-corrected chi connectivity index (χ4v) is 4.07. The van der Waals surface area contributed by atoms with Crippen LogP contribution in [0.15, 0.2) is 97.2 Å². The Kier molecular flexibility index (Phi) is 4.18. The molecule has 0 spiro atoms. The summed E-state index contributed by atoms with van der Waals surface area (Å²) in [5.41, 5.74) is 5.04. The number of ketones is 1. The number of pyridine rings is 1. The van der Waals surface area contributed by atoms with Gasteiger partial charge in [-0.2, -0.15) is 0 Å². The minimum Gasteiger partial charge on any atom is -0.294 e. The number of fused-ring (bicyclic) bond motifs is 2. The summed E-state index contributed by atoms with van der Waals surface area (Å²) in [7, 11) is 0. The number of aromatic nitrogens is 1. The predicted molar refractivity (Wildman–Crippen MR) is 120 cm³/mol. The van der Waals surface area contributed by atoms with Crippen LogP contribution in [-0.4, -0.2) is 10.8 Å². The van der Waals surface area contributed by atoms with E-state index in [1.165, 1.54) is 21.9 Å². The van der Waals surface area contributed by atoms with E-state index in [1.807, 2.05) is 18.2 Å². The second-order valence-corrected chi connectivity index (χ2v) is 7.20. The minimum absolute atomic E-state index is 0.0261. The van der Waals surface area contributed by atoms with Crippen molar-refractivity contribution < 1.29 is 4.79 Å². The molecule has 0 amide bonds. The minimum atomic E-state index is 0.0261. The summed E-state index contributed by atoms with van der Waals surface area (Å²) in [6.07, 6.45) is 1.67. The average Bonchev–Trinajstić information content (AvgIpc) is 2.78. The number of hydrogen-bond donors (Lipinski definition) is 0. The van der Waals surface area contributed by atoms with Crippen LogP contribution in [-0.2, 0) is 0 Å². The summed E-state index contributed by atoms with van der Waals surface area (Å²) in [6, 6.07) is 31.3. The molecule has 0 N–H and O–H groups in total. The van der Waals surface area contributed by atoms with Crippen molar-refractivity contribution in [1.82, 2.24) is 4.98 Å². The quantitative estimate of drug-likeness (QED) is 0.254. The van der Waals surface area contributed by atoms with Crippen LogP contribution in [0.1, 0.15) is 17.3 Å². The van der Waals surface area contributed by atoms with Gasteiger partial charge in [-0.15, -0.1) is 0 Å². The lowest BCUT2D eigenvalue weighted by atomic mass is 9.87. The zero-order valence-corrected chi connectivity index (χ0v) is 16.1. The van der Waals surface area contributed by atoms with Gasteiger partial charge in [0.1, 0.15) is 0 Å². The highest BCUT2D eigenvalue weighted by Gasteiger charge is 2.16. The fraction of sp³-hybridized carbons (Fsp3) is 0.0370. The van der Waals surface area contributed by atoms with E-state index in [0.717, 1.165) is 22.0 Å². The van der Waals surface area contributed by atoms with E-state index in [4.69, 9.17) is 0 Å². The largest absolute Gasteiger partial charge is 0.294 e. The van der Waals surface area contributed by atoms with Crippen molar-refractivity contribution in [2.24, 2.45) is 0 Å². The second kappa shape index (κ2) is 6.99. The van der Waals surface area contributed by atoms with E-state index in [2.05, 4.69) is 77.8 Å². The first-order valence-corrected chi connectivity index (χ1v) is 9.70. The molecule has 4 aromatic carbocycles. The number of carbonyl (C=O) groups is 1.